The number of aliphatic hydroxyl groups is 1. The number of nitrogens with zero attached hydrogens (tertiary/aromatic N) is 1. The van der Waals surface area contributed by atoms with Gasteiger partial charge < -0.3 is 20.5 Å². The summed E-state index contributed by atoms with van der Waals surface area (Å²) in [6, 6.07) is 4.36. The van der Waals surface area contributed by atoms with Crippen molar-refractivity contribution in [1.82, 2.24) is 5.32 Å². The van der Waals surface area contributed by atoms with Crippen molar-refractivity contribution in [1.29, 1.82) is 0 Å². The quantitative estimate of drug-likeness (QED) is 0.315. The summed E-state index contributed by atoms with van der Waals surface area (Å²) in [5.41, 5.74) is 1.51. The predicted octanol–water partition coefficient (Wildman–Crippen LogP) is 3.90. The number of anilines is 1. The molecule has 3 N–H and O–H groups in total. The van der Waals surface area contributed by atoms with Gasteiger partial charge >= 0.3 is 0 Å². The Labute approximate surface area is 186 Å². The first-order valence-electron chi connectivity index (χ1n) is 10.5. The van der Waals surface area contributed by atoms with Crippen molar-refractivity contribution in [3.63, 3.8) is 0 Å². The predicted molar refractivity (Wildman–Crippen MR) is 119 cm³/mol. The van der Waals surface area contributed by atoms with Crippen LogP contribution in [-0.4, -0.2) is 46.3 Å². The molecule has 1 atom stereocenters. The molecule has 0 aromatic heterocycles. The zero-order valence-corrected chi connectivity index (χ0v) is 18.2. The van der Waals surface area contributed by atoms with Crippen LogP contribution in [0.25, 0.3) is 0 Å². The van der Waals surface area contributed by atoms with E-state index in [1.807, 2.05) is 19.1 Å². The molecular weight excluding hydrogens is 422 g/mol. The number of alkyl halides is 1. The molecule has 0 radical (unpaired) electrons. The highest BCUT2D eigenvalue weighted by Gasteiger charge is 2.26. The number of hydrogen-bond donors (Lipinski definition) is 3. The molecule has 1 aromatic carbocycles. The lowest BCUT2D eigenvalue weighted by atomic mass is 9.92. The van der Waals surface area contributed by atoms with Crippen molar-refractivity contribution >= 4 is 28.9 Å². The highest BCUT2D eigenvalue weighted by Crippen LogP contribution is 2.29. The van der Waals surface area contributed by atoms with Gasteiger partial charge in [-0.1, -0.05) is 23.8 Å². The van der Waals surface area contributed by atoms with Crippen LogP contribution in [0.5, 0.6) is 0 Å². The number of carbonyl (C=O) groups excluding carboxylic acids is 1. The van der Waals surface area contributed by atoms with Gasteiger partial charge in [0.05, 0.1) is 16.6 Å². The summed E-state index contributed by atoms with van der Waals surface area (Å²) in [6.45, 7) is 2.64. The first-order chi connectivity index (χ1) is 14.8. The van der Waals surface area contributed by atoms with E-state index in [-0.39, 0.29) is 29.9 Å². The largest absolute Gasteiger partial charge is 0.393 e. The average molecular weight is 450 g/mol. The Morgan fingerprint density at radius 1 is 1.35 bits per heavy atom. The van der Waals surface area contributed by atoms with Gasteiger partial charge in [-0.15, -0.1) is 0 Å². The van der Waals surface area contributed by atoms with Crippen molar-refractivity contribution in [2.45, 2.75) is 56.2 Å². The molecule has 0 aliphatic heterocycles. The summed E-state index contributed by atoms with van der Waals surface area (Å²) in [5, 5.41) is 26.2. The number of ether oxygens (including phenoxy) is 1. The number of hydrogen-bond acceptors (Lipinski definition) is 6. The molecule has 3 rings (SSSR count). The topological polar surface area (TPSA) is 114 Å². The van der Waals surface area contributed by atoms with Gasteiger partial charge in [0.2, 0.25) is 0 Å². The van der Waals surface area contributed by atoms with Gasteiger partial charge in [-0.2, -0.15) is 0 Å². The second kappa shape index (κ2) is 10.3. The summed E-state index contributed by atoms with van der Waals surface area (Å²) in [4.78, 5) is 23.6. The van der Waals surface area contributed by atoms with E-state index >= 15 is 0 Å². The lowest BCUT2D eigenvalue weighted by molar-refractivity contribution is -0.384. The number of halogens is 1. The molecule has 1 aromatic rings. The Hall–Kier alpha value is -2.42. The molecule has 2 aliphatic carbocycles. The van der Waals surface area contributed by atoms with Gasteiger partial charge in [0.1, 0.15) is 0 Å². The molecule has 0 saturated heterocycles. The Morgan fingerprint density at radius 3 is 2.71 bits per heavy atom. The van der Waals surface area contributed by atoms with Crippen molar-refractivity contribution in [2.24, 2.45) is 0 Å². The van der Waals surface area contributed by atoms with Gasteiger partial charge in [0.15, 0.2) is 5.06 Å². The lowest BCUT2D eigenvalue weighted by Gasteiger charge is -2.28. The van der Waals surface area contributed by atoms with Crippen molar-refractivity contribution in [3.05, 3.63) is 57.7 Å². The number of nitro benzene ring substituents is 1. The minimum Gasteiger partial charge on any atom is -0.393 e. The first kappa shape index (κ1) is 23.2. The molecule has 0 spiro atoms. The molecule has 1 fully saturated rings. The maximum absolute atomic E-state index is 12.9. The average Bonchev–Trinajstić information content (AvgIpc) is 2.75. The smallest absolute Gasteiger partial charge is 0.270 e. The van der Waals surface area contributed by atoms with Gasteiger partial charge in [0, 0.05) is 43.4 Å². The van der Waals surface area contributed by atoms with Gasteiger partial charge in [-0.3, -0.25) is 14.9 Å². The number of benzene rings is 1. The third-order valence-electron chi connectivity index (χ3n) is 5.54. The number of rotatable bonds is 8. The highest BCUT2D eigenvalue weighted by atomic mass is 35.5. The van der Waals surface area contributed by atoms with E-state index in [0.717, 1.165) is 18.4 Å². The van der Waals surface area contributed by atoms with Gasteiger partial charge in [-0.25, -0.2) is 0 Å². The van der Waals surface area contributed by atoms with Crippen molar-refractivity contribution < 1.29 is 19.6 Å². The van der Waals surface area contributed by atoms with Crippen LogP contribution in [0.1, 0.15) is 49.4 Å². The summed E-state index contributed by atoms with van der Waals surface area (Å²) >= 11 is 6.34. The fourth-order valence-electron chi connectivity index (χ4n) is 3.79. The third kappa shape index (κ3) is 6.29. The van der Waals surface area contributed by atoms with Gasteiger partial charge in [-0.05, 0) is 50.3 Å². The number of amides is 1. The number of nitro groups is 1. The van der Waals surface area contributed by atoms with E-state index < -0.39 is 15.9 Å². The standard InChI is InChI=1S/C22H28ClN3O5/c1-2-31-22(23)11-9-15(10-12-22)14-24-21(28)19-13-17(26(29)30)5-8-20(19)25-16-3-6-18(27)7-4-16/h5,8-11,13,16,18,25,27H,2-4,6-7,12,14H2,1H3,(H,24,28). The molecule has 9 heteroatoms. The third-order valence-corrected chi connectivity index (χ3v) is 5.93. The van der Waals surface area contributed by atoms with Crippen LogP contribution in [-0.2, 0) is 4.74 Å². The fourth-order valence-corrected chi connectivity index (χ4v) is 4.04. The van der Waals surface area contributed by atoms with Gasteiger partial charge in [0.25, 0.3) is 11.6 Å². The van der Waals surface area contributed by atoms with E-state index in [1.54, 1.807) is 12.1 Å². The second-order valence-corrected chi connectivity index (χ2v) is 8.49. The number of carbonyl (C=O) groups is 1. The number of non-ortho nitro benzene ring substituents is 1. The summed E-state index contributed by atoms with van der Waals surface area (Å²) in [6.07, 6.45) is 8.61. The second-order valence-electron chi connectivity index (χ2n) is 7.86. The number of nitrogens with one attached hydrogen (secondary N) is 2. The molecule has 1 amide bonds. The minimum absolute atomic E-state index is 0.107. The van der Waals surface area contributed by atoms with Crippen molar-refractivity contribution in [3.8, 4) is 0 Å². The Kier molecular flexibility index (Phi) is 7.69. The Bertz CT molecular complexity index is 880. The van der Waals surface area contributed by atoms with E-state index in [0.29, 0.717) is 31.6 Å². The zero-order valence-electron chi connectivity index (χ0n) is 17.5. The molecule has 2 aliphatic rings. The molecule has 0 bridgehead atoms. The molecule has 1 saturated carbocycles. The summed E-state index contributed by atoms with van der Waals surface area (Å²) < 4.78 is 5.50. The lowest BCUT2D eigenvalue weighted by Crippen LogP contribution is -2.31. The van der Waals surface area contributed by atoms with Crippen LogP contribution in [0.4, 0.5) is 11.4 Å². The van der Waals surface area contributed by atoms with E-state index in [4.69, 9.17) is 16.3 Å². The monoisotopic (exact) mass is 449 g/mol. The van der Waals surface area contributed by atoms with Crippen LogP contribution >= 0.6 is 11.6 Å². The van der Waals surface area contributed by atoms with Crippen LogP contribution < -0.4 is 10.6 Å². The molecule has 1 unspecified atom stereocenters. The molecule has 168 valence electrons. The van der Waals surface area contributed by atoms with E-state index in [9.17, 15) is 20.0 Å². The van der Waals surface area contributed by atoms with Crippen LogP contribution in [0, 0.1) is 10.1 Å². The maximum Gasteiger partial charge on any atom is 0.270 e. The molecule has 0 heterocycles. The highest BCUT2D eigenvalue weighted by molar-refractivity contribution is 6.24. The fraction of sp³-hybridized carbons (Fsp3) is 0.500. The summed E-state index contributed by atoms with van der Waals surface area (Å²) in [5.74, 6) is -0.399. The van der Waals surface area contributed by atoms with E-state index in [2.05, 4.69) is 10.6 Å². The SMILES string of the molecule is CCOC1(Cl)C=CC(CNC(=O)c2cc([N+](=O)[O-])ccc2NC2CCC(O)CC2)=CC1. The summed E-state index contributed by atoms with van der Waals surface area (Å²) in [7, 11) is 0. The van der Waals surface area contributed by atoms with E-state index in [1.165, 1.54) is 12.1 Å². The zero-order chi connectivity index (χ0) is 22.4. The van der Waals surface area contributed by atoms with Crippen LogP contribution in [0.2, 0.25) is 0 Å². The maximum atomic E-state index is 12.9. The molecule has 8 nitrogen and oxygen atoms in total. The van der Waals surface area contributed by atoms with Crippen LogP contribution in [0.15, 0.2) is 42.0 Å². The molecule has 31 heavy (non-hydrogen) atoms. The number of aliphatic hydroxyl groups excluding tert-OH is 1. The Morgan fingerprint density at radius 2 is 2.10 bits per heavy atom. The first-order valence-corrected chi connectivity index (χ1v) is 10.9. The molecular formula is C22H28ClN3O5. The van der Waals surface area contributed by atoms with Crippen LogP contribution in [0.3, 0.4) is 0 Å². The Balaban J connectivity index is 1.68. The normalized spacial score (nSPS) is 25.6. The van der Waals surface area contributed by atoms with Crippen molar-refractivity contribution in [2.75, 3.05) is 18.5 Å². The minimum atomic E-state index is -0.854.